The Labute approximate surface area is 125 Å². The molecule has 0 spiro atoms. The summed E-state index contributed by atoms with van der Waals surface area (Å²) >= 11 is 15.3. The van der Waals surface area contributed by atoms with E-state index in [4.69, 9.17) is 28.9 Å². The van der Waals surface area contributed by atoms with E-state index < -0.39 is 6.04 Å². The van der Waals surface area contributed by atoms with Crippen molar-refractivity contribution in [1.29, 1.82) is 0 Å². The van der Waals surface area contributed by atoms with Gasteiger partial charge in [0.15, 0.2) is 0 Å². The number of amides is 1. The minimum absolute atomic E-state index is 0.269. The molecule has 100 valence electrons. The molecule has 18 heavy (non-hydrogen) atoms. The second-order valence-corrected chi connectivity index (χ2v) is 5.71. The van der Waals surface area contributed by atoms with E-state index in [-0.39, 0.29) is 5.91 Å². The Bertz CT molecular complexity index is 417. The maximum atomic E-state index is 11.8. The number of hydrogen-bond donors (Lipinski definition) is 2. The number of carbonyl (C=O) groups excluding carboxylic acids is 1. The molecule has 1 aromatic carbocycles. The quantitative estimate of drug-likeness (QED) is 0.832. The van der Waals surface area contributed by atoms with Crippen LogP contribution in [0, 0.1) is 0 Å². The molecule has 0 aliphatic heterocycles. The minimum Gasteiger partial charge on any atom is -0.322 e. The van der Waals surface area contributed by atoms with E-state index in [2.05, 4.69) is 21.2 Å². The van der Waals surface area contributed by atoms with Crippen LogP contribution in [0.15, 0.2) is 16.6 Å². The van der Waals surface area contributed by atoms with E-state index in [1.165, 1.54) is 0 Å². The highest BCUT2D eigenvalue weighted by Crippen LogP contribution is 2.33. The Balaban J connectivity index is 2.76. The highest BCUT2D eigenvalue weighted by atomic mass is 79.9. The van der Waals surface area contributed by atoms with Gasteiger partial charge in [0.1, 0.15) is 0 Å². The van der Waals surface area contributed by atoms with Crippen LogP contribution in [0.3, 0.4) is 0 Å². The molecular weight excluding hydrogens is 339 g/mol. The SMILES string of the molecule is CCCC[C@H](N)C(=O)Nc1c(Cl)cc(Br)cc1Cl. The zero-order valence-corrected chi connectivity index (χ0v) is 13.1. The molecule has 3 N–H and O–H groups in total. The molecular formula is C12H15BrCl2N2O. The molecule has 0 fully saturated rings. The first-order chi connectivity index (χ1) is 8.45. The second-order valence-electron chi connectivity index (χ2n) is 3.98. The zero-order chi connectivity index (χ0) is 13.7. The predicted octanol–water partition coefficient (Wildman–Crippen LogP) is 4.21. The van der Waals surface area contributed by atoms with Gasteiger partial charge in [-0.05, 0) is 18.6 Å². The maximum absolute atomic E-state index is 11.8. The van der Waals surface area contributed by atoms with Crippen LogP contribution in [0.1, 0.15) is 26.2 Å². The first kappa shape index (κ1) is 15.8. The van der Waals surface area contributed by atoms with Gasteiger partial charge in [0.25, 0.3) is 0 Å². The summed E-state index contributed by atoms with van der Waals surface area (Å²) in [5, 5.41) is 3.43. The lowest BCUT2D eigenvalue weighted by Crippen LogP contribution is -2.35. The van der Waals surface area contributed by atoms with Gasteiger partial charge in [0, 0.05) is 4.47 Å². The Hall–Kier alpha value is -0.290. The van der Waals surface area contributed by atoms with E-state index >= 15 is 0 Å². The predicted molar refractivity (Wildman–Crippen MR) is 80.3 cm³/mol. The molecule has 0 heterocycles. The van der Waals surface area contributed by atoms with Gasteiger partial charge < -0.3 is 11.1 Å². The summed E-state index contributed by atoms with van der Waals surface area (Å²) in [6.07, 6.45) is 2.56. The van der Waals surface area contributed by atoms with Crippen LogP contribution in [-0.2, 0) is 4.79 Å². The van der Waals surface area contributed by atoms with Crippen LogP contribution in [0.2, 0.25) is 10.0 Å². The third-order valence-electron chi connectivity index (χ3n) is 2.46. The van der Waals surface area contributed by atoms with Crippen molar-refractivity contribution in [2.75, 3.05) is 5.32 Å². The van der Waals surface area contributed by atoms with Gasteiger partial charge in [-0.15, -0.1) is 0 Å². The van der Waals surface area contributed by atoms with E-state index in [9.17, 15) is 4.79 Å². The van der Waals surface area contributed by atoms with Crippen LogP contribution in [-0.4, -0.2) is 11.9 Å². The Morgan fingerprint density at radius 3 is 2.50 bits per heavy atom. The van der Waals surface area contributed by atoms with Crippen molar-refractivity contribution in [3.05, 3.63) is 26.7 Å². The van der Waals surface area contributed by atoms with Gasteiger partial charge in [-0.3, -0.25) is 4.79 Å². The van der Waals surface area contributed by atoms with Crippen molar-refractivity contribution in [1.82, 2.24) is 0 Å². The first-order valence-corrected chi connectivity index (χ1v) is 7.21. The van der Waals surface area contributed by atoms with Crippen molar-refractivity contribution in [2.24, 2.45) is 5.73 Å². The highest BCUT2D eigenvalue weighted by Gasteiger charge is 2.16. The van der Waals surface area contributed by atoms with Gasteiger partial charge in [0.2, 0.25) is 5.91 Å². The van der Waals surface area contributed by atoms with Crippen molar-refractivity contribution in [3.8, 4) is 0 Å². The summed E-state index contributed by atoms with van der Waals surface area (Å²) in [7, 11) is 0. The summed E-state index contributed by atoms with van der Waals surface area (Å²) in [5.74, 6) is -0.269. The molecule has 3 nitrogen and oxygen atoms in total. The van der Waals surface area contributed by atoms with E-state index in [0.717, 1.165) is 17.3 Å². The molecule has 0 radical (unpaired) electrons. The summed E-state index contributed by atoms with van der Waals surface area (Å²) < 4.78 is 0.755. The average Bonchev–Trinajstić information content (AvgIpc) is 2.30. The lowest BCUT2D eigenvalue weighted by molar-refractivity contribution is -0.117. The molecule has 1 atom stereocenters. The summed E-state index contributed by atoms with van der Waals surface area (Å²) in [5.41, 5.74) is 6.18. The minimum atomic E-state index is -0.541. The van der Waals surface area contributed by atoms with Crippen LogP contribution in [0.5, 0.6) is 0 Å². The van der Waals surface area contributed by atoms with Crippen molar-refractivity contribution >= 4 is 50.7 Å². The number of carbonyl (C=O) groups is 1. The fraction of sp³-hybridized carbons (Fsp3) is 0.417. The Morgan fingerprint density at radius 2 is 2.00 bits per heavy atom. The largest absolute Gasteiger partial charge is 0.322 e. The lowest BCUT2D eigenvalue weighted by atomic mass is 10.1. The standard InChI is InChI=1S/C12H15BrCl2N2O/c1-2-3-4-10(16)12(18)17-11-8(14)5-7(13)6-9(11)15/h5-6,10H,2-4,16H2,1H3,(H,17,18)/t10-/m0/s1. The molecule has 0 saturated carbocycles. The smallest absolute Gasteiger partial charge is 0.241 e. The Kier molecular flexibility index (Phi) is 6.43. The van der Waals surface area contributed by atoms with E-state index in [1.807, 2.05) is 6.92 Å². The van der Waals surface area contributed by atoms with Crippen molar-refractivity contribution < 1.29 is 4.79 Å². The van der Waals surface area contributed by atoms with Gasteiger partial charge >= 0.3 is 0 Å². The van der Waals surface area contributed by atoms with Gasteiger partial charge in [-0.25, -0.2) is 0 Å². The third kappa shape index (κ3) is 4.43. The number of nitrogens with two attached hydrogens (primary N) is 1. The fourth-order valence-corrected chi connectivity index (χ4v) is 2.74. The second kappa shape index (κ2) is 7.34. The summed E-state index contributed by atoms with van der Waals surface area (Å²) in [6.45, 7) is 2.05. The molecule has 6 heteroatoms. The molecule has 0 aliphatic rings. The number of nitrogens with one attached hydrogen (secondary N) is 1. The lowest BCUT2D eigenvalue weighted by Gasteiger charge is -2.14. The first-order valence-electron chi connectivity index (χ1n) is 5.66. The van der Waals surface area contributed by atoms with Crippen LogP contribution < -0.4 is 11.1 Å². The molecule has 0 unspecified atom stereocenters. The molecule has 1 aromatic rings. The topological polar surface area (TPSA) is 55.1 Å². The number of benzene rings is 1. The van der Waals surface area contributed by atoms with Crippen molar-refractivity contribution in [3.63, 3.8) is 0 Å². The monoisotopic (exact) mass is 352 g/mol. The summed E-state index contributed by atoms with van der Waals surface area (Å²) in [6, 6.07) is 2.79. The maximum Gasteiger partial charge on any atom is 0.241 e. The van der Waals surface area contributed by atoms with Crippen LogP contribution in [0.4, 0.5) is 5.69 Å². The average molecular weight is 354 g/mol. The van der Waals surface area contributed by atoms with Crippen LogP contribution >= 0.6 is 39.1 Å². The molecule has 1 rings (SSSR count). The zero-order valence-electron chi connectivity index (χ0n) is 9.97. The molecule has 0 aromatic heterocycles. The number of anilines is 1. The van der Waals surface area contributed by atoms with E-state index in [1.54, 1.807) is 12.1 Å². The molecule has 0 aliphatic carbocycles. The number of halogens is 3. The fourth-order valence-electron chi connectivity index (χ4n) is 1.43. The molecule has 0 saturated heterocycles. The number of hydrogen-bond acceptors (Lipinski definition) is 2. The van der Waals surface area contributed by atoms with E-state index in [0.29, 0.717) is 22.2 Å². The number of rotatable bonds is 5. The summed E-state index contributed by atoms with van der Waals surface area (Å²) in [4.78, 5) is 11.8. The van der Waals surface area contributed by atoms with Crippen molar-refractivity contribution in [2.45, 2.75) is 32.2 Å². The van der Waals surface area contributed by atoms with Gasteiger partial charge in [-0.1, -0.05) is 58.9 Å². The van der Waals surface area contributed by atoms with Crippen LogP contribution in [0.25, 0.3) is 0 Å². The Morgan fingerprint density at radius 1 is 1.44 bits per heavy atom. The molecule has 0 bridgehead atoms. The number of unbranched alkanes of at least 4 members (excludes halogenated alkanes) is 1. The van der Waals surface area contributed by atoms with Gasteiger partial charge in [0.05, 0.1) is 21.8 Å². The highest BCUT2D eigenvalue weighted by molar-refractivity contribution is 9.10. The normalized spacial score (nSPS) is 12.3. The third-order valence-corrected chi connectivity index (χ3v) is 3.51. The molecule has 1 amide bonds. The van der Waals surface area contributed by atoms with Gasteiger partial charge in [-0.2, -0.15) is 0 Å².